The monoisotopic (exact) mass is 303 g/mol. The highest BCUT2D eigenvalue weighted by molar-refractivity contribution is 5.87. The average molecular weight is 304 g/mol. The molecule has 5 nitrogen and oxygen atoms in total. The zero-order chi connectivity index (χ0) is 13.8. The molecule has 116 valence electrons. The second-order valence-corrected chi connectivity index (χ2v) is 5.77. The van der Waals surface area contributed by atoms with E-state index >= 15 is 0 Å². The lowest BCUT2D eigenvalue weighted by Gasteiger charge is -2.35. The van der Waals surface area contributed by atoms with E-state index in [9.17, 15) is 9.59 Å². The van der Waals surface area contributed by atoms with Gasteiger partial charge in [0, 0.05) is 26.1 Å². The quantitative estimate of drug-likeness (QED) is 0.818. The Bertz CT molecular complexity index is 351. The maximum atomic E-state index is 12.4. The largest absolute Gasteiger partial charge is 0.357 e. The molecule has 1 saturated heterocycles. The normalized spacial score (nSPS) is 29.7. The number of carbonyl (C=O) groups is 2. The van der Waals surface area contributed by atoms with Crippen molar-refractivity contribution in [3.63, 3.8) is 0 Å². The number of nitrogens with two attached hydrogens (primary N) is 1. The van der Waals surface area contributed by atoms with Crippen LogP contribution in [0.25, 0.3) is 0 Å². The van der Waals surface area contributed by atoms with Crippen LogP contribution < -0.4 is 11.1 Å². The van der Waals surface area contributed by atoms with E-state index < -0.39 is 0 Å². The van der Waals surface area contributed by atoms with E-state index in [2.05, 4.69) is 5.32 Å². The lowest BCUT2D eigenvalue weighted by atomic mass is 9.96. The Balaban J connectivity index is 0.00000200. The van der Waals surface area contributed by atoms with E-state index in [4.69, 9.17) is 5.73 Å². The number of piperidine rings is 1. The Morgan fingerprint density at radius 3 is 2.55 bits per heavy atom. The second-order valence-electron chi connectivity index (χ2n) is 5.77. The lowest BCUT2D eigenvalue weighted by molar-refractivity contribution is -0.142. The van der Waals surface area contributed by atoms with Crippen molar-refractivity contribution < 1.29 is 9.59 Å². The fourth-order valence-corrected chi connectivity index (χ4v) is 3.33. The molecule has 0 spiro atoms. The van der Waals surface area contributed by atoms with Crippen LogP contribution >= 0.6 is 12.4 Å². The number of carbonyl (C=O) groups excluding carboxylic acids is 2. The van der Waals surface area contributed by atoms with Crippen molar-refractivity contribution in [3.05, 3.63) is 0 Å². The van der Waals surface area contributed by atoms with E-state index in [1.54, 1.807) is 11.9 Å². The maximum Gasteiger partial charge on any atom is 0.242 e. The van der Waals surface area contributed by atoms with E-state index in [0.29, 0.717) is 18.9 Å². The first-order valence-corrected chi connectivity index (χ1v) is 7.40. The van der Waals surface area contributed by atoms with Gasteiger partial charge in [-0.05, 0) is 38.0 Å². The highest BCUT2D eigenvalue weighted by atomic mass is 35.5. The molecule has 20 heavy (non-hydrogen) atoms. The number of nitrogens with one attached hydrogen (secondary N) is 1. The van der Waals surface area contributed by atoms with Gasteiger partial charge in [0.1, 0.15) is 6.04 Å². The first-order chi connectivity index (χ1) is 9.13. The summed E-state index contributed by atoms with van der Waals surface area (Å²) < 4.78 is 0. The molecule has 1 aliphatic heterocycles. The average Bonchev–Trinajstić information content (AvgIpc) is 2.83. The topological polar surface area (TPSA) is 75.4 Å². The number of hydrogen-bond donors (Lipinski definition) is 2. The van der Waals surface area contributed by atoms with Gasteiger partial charge >= 0.3 is 0 Å². The first-order valence-electron chi connectivity index (χ1n) is 7.40. The summed E-state index contributed by atoms with van der Waals surface area (Å²) in [6.07, 6.45) is 6.50. The highest BCUT2D eigenvalue weighted by Gasteiger charge is 2.34. The molecule has 2 rings (SSSR count). The summed E-state index contributed by atoms with van der Waals surface area (Å²) in [5.74, 6) is 0.374. The third-order valence-corrected chi connectivity index (χ3v) is 4.53. The molecule has 3 atom stereocenters. The van der Waals surface area contributed by atoms with Crippen LogP contribution in [0.5, 0.6) is 0 Å². The molecule has 0 aromatic rings. The Labute approximate surface area is 127 Å². The molecule has 1 unspecified atom stereocenters. The molecular formula is C14H26ClN3O2. The third kappa shape index (κ3) is 3.85. The van der Waals surface area contributed by atoms with Crippen LogP contribution in [-0.2, 0) is 9.59 Å². The lowest BCUT2D eigenvalue weighted by Crippen LogP contribution is -2.51. The molecule has 1 saturated carbocycles. The van der Waals surface area contributed by atoms with Crippen LogP contribution in [-0.4, -0.2) is 42.4 Å². The number of amides is 2. The molecule has 0 aromatic carbocycles. The van der Waals surface area contributed by atoms with Gasteiger partial charge in [0.2, 0.25) is 11.8 Å². The Morgan fingerprint density at radius 2 is 1.95 bits per heavy atom. The number of rotatable bonds is 3. The summed E-state index contributed by atoms with van der Waals surface area (Å²) >= 11 is 0. The molecule has 2 fully saturated rings. The molecule has 3 N–H and O–H groups in total. The number of hydrogen-bond acceptors (Lipinski definition) is 3. The van der Waals surface area contributed by atoms with Gasteiger partial charge in [0.15, 0.2) is 0 Å². The van der Waals surface area contributed by atoms with E-state index in [-0.39, 0.29) is 36.3 Å². The molecule has 2 amide bonds. The van der Waals surface area contributed by atoms with Gasteiger partial charge in [-0.25, -0.2) is 0 Å². The maximum absolute atomic E-state index is 12.4. The van der Waals surface area contributed by atoms with Crippen molar-refractivity contribution in [2.24, 2.45) is 11.7 Å². The zero-order valence-corrected chi connectivity index (χ0v) is 13.0. The smallest absolute Gasteiger partial charge is 0.242 e. The fourth-order valence-electron chi connectivity index (χ4n) is 3.33. The van der Waals surface area contributed by atoms with Crippen molar-refractivity contribution >= 4 is 24.2 Å². The SMILES string of the molecule is CNC(=O)C1CCCCN1C(=O)C[C@@H]1CCC[C@H]1N.Cl. The van der Waals surface area contributed by atoms with Gasteiger partial charge in [-0.15, -0.1) is 12.4 Å². The van der Waals surface area contributed by atoms with Crippen LogP contribution in [0.2, 0.25) is 0 Å². The molecule has 0 bridgehead atoms. The van der Waals surface area contributed by atoms with Crippen molar-refractivity contribution in [1.82, 2.24) is 10.2 Å². The predicted molar refractivity (Wildman–Crippen MR) is 80.6 cm³/mol. The number of nitrogens with zero attached hydrogens (tertiary/aromatic N) is 1. The molecule has 2 aliphatic rings. The molecule has 1 aliphatic carbocycles. The molecule has 6 heteroatoms. The van der Waals surface area contributed by atoms with Gasteiger partial charge in [-0.2, -0.15) is 0 Å². The fraction of sp³-hybridized carbons (Fsp3) is 0.857. The summed E-state index contributed by atoms with van der Waals surface area (Å²) in [6.45, 7) is 0.707. The number of likely N-dealkylation sites (N-methyl/N-ethyl adjacent to an activating group) is 1. The van der Waals surface area contributed by atoms with Gasteiger partial charge in [-0.1, -0.05) is 6.42 Å². The molecule has 1 heterocycles. The van der Waals surface area contributed by atoms with Gasteiger partial charge in [-0.3, -0.25) is 9.59 Å². The standard InChI is InChI=1S/C14H25N3O2.ClH/c1-16-14(19)12-7-2-3-8-17(12)13(18)9-10-5-4-6-11(10)15;/h10-12H,2-9,15H2,1H3,(H,16,19);1H/t10-,11+,12?;/m0./s1. The van der Waals surface area contributed by atoms with E-state index in [0.717, 1.165) is 38.5 Å². The molecule has 0 radical (unpaired) electrons. The van der Waals surface area contributed by atoms with Crippen LogP contribution in [0.3, 0.4) is 0 Å². The second kappa shape index (κ2) is 7.84. The minimum atomic E-state index is -0.274. The van der Waals surface area contributed by atoms with Crippen molar-refractivity contribution in [1.29, 1.82) is 0 Å². The zero-order valence-electron chi connectivity index (χ0n) is 12.1. The van der Waals surface area contributed by atoms with Crippen LogP contribution in [0.15, 0.2) is 0 Å². The Hall–Kier alpha value is -0.810. The minimum Gasteiger partial charge on any atom is -0.357 e. The van der Waals surface area contributed by atoms with Crippen LogP contribution in [0, 0.1) is 5.92 Å². The Kier molecular flexibility index (Phi) is 6.76. The van der Waals surface area contributed by atoms with Crippen molar-refractivity contribution in [2.45, 2.75) is 57.0 Å². The summed E-state index contributed by atoms with van der Waals surface area (Å²) in [4.78, 5) is 26.0. The Morgan fingerprint density at radius 1 is 1.20 bits per heavy atom. The number of halogens is 1. The van der Waals surface area contributed by atoms with Crippen molar-refractivity contribution in [3.8, 4) is 0 Å². The van der Waals surface area contributed by atoms with E-state index in [1.165, 1.54) is 0 Å². The first kappa shape index (κ1) is 17.2. The van der Waals surface area contributed by atoms with E-state index in [1.807, 2.05) is 0 Å². The highest BCUT2D eigenvalue weighted by Crippen LogP contribution is 2.28. The minimum absolute atomic E-state index is 0. The predicted octanol–water partition coefficient (Wildman–Crippen LogP) is 1.05. The summed E-state index contributed by atoms with van der Waals surface area (Å²) in [6, 6.07) is -0.115. The summed E-state index contributed by atoms with van der Waals surface area (Å²) in [7, 11) is 1.63. The summed E-state index contributed by atoms with van der Waals surface area (Å²) in [5.41, 5.74) is 6.03. The molecular weight excluding hydrogens is 278 g/mol. The van der Waals surface area contributed by atoms with Crippen molar-refractivity contribution in [2.75, 3.05) is 13.6 Å². The summed E-state index contributed by atoms with van der Waals surface area (Å²) in [5, 5.41) is 2.66. The van der Waals surface area contributed by atoms with Crippen LogP contribution in [0.1, 0.15) is 44.9 Å². The van der Waals surface area contributed by atoms with Gasteiger partial charge in [0.05, 0.1) is 0 Å². The van der Waals surface area contributed by atoms with Crippen LogP contribution in [0.4, 0.5) is 0 Å². The van der Waals surface area contributed by atoms with Gasteiger partial charge < -0.3 is 16.0 Å². The van der Waals surface area contributed by atoms with Gasteiger partial charge in [0.25, 0.3) is 0 Å². The molecule has 0 aromatic heterocycles. The number of likely N-dealkylation sites (tertiary alicyclic amines) is 1. The third-order valence-electron chi connectivity index (χ3n) is 4.53.